The van der Waals surface area contributed by atoms with Crippen LogP contribution in [0, 0.1) is 0 Å². The van der Waals surface area contributed by atoms with Crippen LogP contribution < -0.4 is 10.6 Å². The number of fused-ring (bicyclic) bond motifs is 1. The van der Waals surface area contributed by atoms with Crippen molar-refractivity contribution in [2.45, 2.75) is 37.8 Å². The van der Waals surface area contributed by atoms with E-state index in [0.29, 0.717) is 17.1 Å². The number of rotatable bonds is 2. The molecule has 0 aliphatic heterocycles. The Morgan fingerprint density at radius 1 is 1.32 bits per heavy atom. The number of nitrogens with two attached hydrogens (primary N) is 1. The first-order chi connectivity index (χ1) is 9.13. The Hall–Kier alpha value is -1.33. The van der Waals surface area contributed by atoms with Crippen LogP contribution in [-0.2, 0) is 0 Å². The van der Waals surface area contributed by atoms with Crippen molar-refractivity contribution in [3.63, 3.8) is 0 Å². The molecule has 3 rings (SSSR count). The summed E-state index contributed by atoms with van der Waals surface area (Å²) in [6.07, 6.45) is 6.14. The summed E-state index contributed by atoms with van der Waals surface area (Å²) in [5, 5.41) is 5.15. The van der Waals surface area contributed by atoms with Gasteiger partial charge in [0.05, 0.1) is 5.02 Å². The van der Waals surface area contributed by atoms with Crippen LogP contribution in [0.3, 0.4) is 0 Å². The maximum Gasteiger partial charge on any atom is 0.245 e. The maximum absolute atomic E-state index is 5.96. The summed E-state index contributed by atoms with van der Waals surface area (Å²) in [5.41, 5.74) is 6.76. The Morgan fingerprint density at radius 2 is 2.05 bits per heavy atom. The summed E-state index contributed by atoms with van der Waals surface area (Å²) in [6, 6.07) is 4.54. The summed E-state index contributed by atoms with van der Waals surface area (Å²) in [5.74, 6) is 0.753. The average Bonchev–Trinajstić information content (AvgIpc) is 2.81. The second-order valence-corrected chi connectivity index (χ2v) is 5.68. The van der Waals surface area contributed by atoms with Crippen LogP contribution in [0.1, 0.15) is 25.7 Å². The SMILES string of the molecule is CN(c1nc2ccc(Cl)cn2n1)C1CCC(N)CC1. The summed E-state index contributed by atoms with van der Waals surface area (Å²) in [7, 11) is 2.05. The highest BCUT2D eigenvalue weighted by atomic mass is 35.5. The van der Waals surface area contributed by atoms with Crippen LogP contribution in [0.5, 0.6) is 0 Å². The van der Waals surface area contributed by atoms with Crippen molar-refractivity contribution in [1.29, 1.82) is 0 Å². The normalized spacial score (nSPS) is 23.7. The van der Waals surface area contributed by atoms with Crippen molar-refractivity contribution in [2.24, 2.45) is 5.73 Å². The van der Waals surface area contributed by atoms with E-state index in [2.05, 4.69) is 22.0 Å². The molecule has 2 aromatic heterocycles. The topological polar surface area (TPSA) is 59.5 Å². The van der Waals surface area contributed by atoms with E-state index in [4.69, 9.17) is 17.3 Å². The minimum Gasteiger partial charge on any atom is -0.340 e. The van der Waals surface area contributed by atoms with E-state index in [9.17, 15) is 0 Å². The van der Waals surface area contributed by atoms with Crippen molar-refractivity contribution in [1.82, 2.24) is 14.6 Å². The lowest BCUT2D eigenvalue weighted by Crippen LogP contribution is -2.39. The molecular formula is C13H18ClN5. The third-order valence-corrected chi connectivity index (χ3v) is 4.11. The van der Waals surface area contributed by atoms with Crippen LogP contribution in [0.4, 0.5) is 5.95 Å². The van der Waals surface area contributed by atoms with E-state index in [1.54, 1.807) is 10.7 Å². The van der Waals surface area contributed by atoms with Gasteiger partial charge in [-0.25, -0.2) is 4.52 Å². The molecule has 0 spiro atoms. The van der Waals surface area contributed by atoms with Crippen LogP contribution in [0.2, 0.25) is 5.02 Å². The molecule has 1 aliphatic rings. The zero-order chi connectivity index (χ0) is 13.4. The molecule has 102 valence electrons. The minimum atomic E-state index is 0.359. The van der Waals surface area contributed by atoms with Crippen LogP contribution in [-0.4, -0.2) is 33.7 Å². The third kappa shape index (κ3) is 2.53. The first-order valence-electron chi connectivity index (χ1n) is 6.64. The highest BCUT2D eigenvalue weighted by Crippen LogP contribution is 2.24. The van der Waals surface area contributed by atoms with E-state index >= 15 is 0 Å². The molecule has 0 atom stereocenters. The van der Waals surface area contributed by atoms with Crippen molar-refractivity contribution < 1.29 is 0 Å². The van der Waals surface area contributed by atoms with Crippen LogP contribution in [0.25, 0.3) is 5.65 Å². The second kappa shape index (κ2) is 4.98. The molecule has 0 bridgehead atoms. The van der Waals surface area contributed by atoms with Crippen LogP contribution in [0.15, 0.2) is 18.3 Å². The molecular weight excluding hydrogens is 262 g/mol. The summed E-state index contributed by atoms with van der Waals surface area (Å²) < 4.78 is 1.72. The molecule has 1 aliphatic carbocycles. The number of hydrogen-bond donors (Lipinski definition) is 1. The molecule has 2 N–H and O–H groups in total. The molecule has 5 nitrogen and oxygen atoms in total. The van der Waals surface area contributed by atoms with Gasteiger partial charge in [0.2, 0.25) is 5.95 Å². The Labute approximate surface area is 117 Å². The van der Waals surface area contributed by atoms with Gasteiger partial charge in [-0.1, -0.05) is 11.6 Å². The zero-order valence-corrected chi connectivity index (χ0v) is 11.7. The van der Waals surface area contributed by atoms with Gasteiger partial charge < -0.3 is 10.6 Å². The predicted molar refractivity (Wildman–Crippen MR) is 76.6 cm³/mol. The van der Waals surface area contributed by atoms with E-state index in [1.807, 2.05) is 12.1 Å². The summed E-state index contributed by atoms with van der Waals surface area (Å²) >= 11 is 5.96. The van der Waals surface area contributed by atoms with E-state index < -0.39 is 0 Å². The zero-order valence-electron chi connectivity index (χ0n) is 11.0. The molecule has 1 saturated carbocycles. The standard InChI is InChI=1S/C13H18ClN5/c1-18(11-5-3-10(15)4-6-11)13-16-12-7-2-9(14)8-19(12)17-13/h2,7-8,10-11H,3-6,15H2,1H3. The first kappa shape index (κ1) is 12.7. The van der Waals surface area contributed by atoms with Gasteiger partial charge in [-0.15, -0.1) is 5.10 Å². The lowest BCUT2D eigenvalue weighted by molar-refractivity contribution is 0.382. The fourth-order valence-corrected chi connectivity index (χ4v) is 2.80. The van der Waals surface area contributed by atoms with Crippen molar-refractivity contribution >= 4 is 23.2 Å². The highest BCUT2D eigenvalue weighted by Gasteiger charge is 2.24. The van der Waals surface area contributed by atoms with Gasteiger partial charge >= 0.3 is 0 Å². The van der Waals surface area contributed by atoms with E-state index in [0.717, 1.165) is 37.3 Å². The fraction of sp³-hybridized carbons (Fsp3) is 0.538. The molecule has 2 heterocycles. The molecule has 2 aromatic rings. The van der Waals surface area contributed by atoms with Gasteiger partial charge in [0.25, 0.3) is 0 Å². The van der Waals surface area contributed by atoms with E-state index in [-0.39, 0.29) is 0 Å². The molecule has 19 heavy (non-hydrogen) atoms. The quantitative estimate of drug-likeness (QED) is 0.914. The highest BCUT2D eigenvalue weighted by molar-refractivity contribution is 6.30. The average molecular weight is 280 g/mol. The maximum atomic E-state index is 5.96. The number of hydrogen-bond acceptors (Lipinski definition) is 4. The Morgan fingerprint density at radius 3 is 2.79 bits per heavy atom. The van der Waals surface area contributed by atoms with Gasteiger partial charge in [0, 0.05) is 25.3 Å². The second-order valence-electron chi connectivity index (χ2n) is 5.24. The number of anilines is 1. The predicted octanol–water partition coefficient (Wildman–Crippen LogP) is 2.09. The third-order valence-electron chi connectivity index (χ3n) is 3.89. The van der Waals surface area contributed by atoms with Crippen molar-refractivity contribution in [2.75, 3.05) is 11.9 Å². The van der Waals surface area contributed by atoms with Crippen molar-refractivity contribution in [3.8, 4) is 0 Å². The lowest BCUT2D eigenvalue weighted by Gasteiger charge is -2.32. The van der Waals surface area contributed by atoms with Gasteiger partial charge in [-0.3, -0.25) is 0 Å². The van der Waals surface area contributed by atoms with Crippen molar-refractivity contribution in [3.05, 3.63) is 23.4 Å². The van der Waals surface area contributed by atoms with Gasteiger partial charge in [0.15, 0.2) is 5.65 Å². The smallest absolute Gasteiger partial charge is 0.245 e. The monoisotopic (exact) mass is 279 g/mol. The number of halogens is 1. The molecule has 0 saturated heterocycles. The number of nitrogens with zero attached hydrogens (tertiary/aromatic N) is 4. The van der Waals surface area contributed by atoms with Gasteiger partial charge in [0.1, 0.15) is 0 Å². The van der Waals surface area contributed by atoms with Gasteiger partial charge in [-0.2, -0.15) is 4.98 Å². The molecule has 0 unspecified atom stereocenters. The molecule has 6 heteroatoms. The van der Waals surface area contributed by atoms with Crippen LogP contribution >= 0.6 is 11.6 Å². The summed E-state index contributed by atoms with van der Waals surface area (Å²) in [6.45, 7) is 0. The first-order valence-corrected chi connectivity index (χ1v) is 7.01. The largest absolute Gasteiger partial charge is 0.340 e. The van der Waals surface area contributed by atoms with Gasteiger partial charge in [-0.05, 0) is 37.8 Å². The Balaban J connectivity index is 1.83. The summed E-state index contributed by atoms with van der Waals surface area (Å²) in [4.78, 5) is 6.70. The van der Waals surface area contributed by atoms with E-state index in [1.165, 1.54) is 0 Å². The molecule has 0 radical (unpaired) electrons. The molecule has 1 fully saturated rings. The minimum absolute atomic E-state index is 0.359. The number of pyridine rings is 1. The Kier molecular flexibility index (Phi) is 3.33. The molecule has 0 amide bonds. The lowest BCUT2D eigenvalue weighted by atomic mass is 9.91. The molecule has 0 aromatic carbocycles. The number of aromatic nitrogens is 3. The Bertz CT molecular complexity index is 573. The fourth-order valence-electron chi connectivity index (χ4n) is 2.65.